The van der Waals surface area contributed by atoms with Gasteiger partial charge in [0.05, 0.1) is 28.2 Å². The molecule has 0 saturated heterocycles. The molecule has 25 heavy (non-hydrogen) atoms. The Morgan fingerprint density at radius 1 is 1.32 bits per heavy atom. The highest BCUT2D eigenvalue weighted by Gasteiger charge is 2.20. The third-order valence-electron chi connectivity index (χ3n) is 3.52. The Kier molecular flexibility index (Phi) is 5.16. The molecule has 8 heteroatoms. The van der Waals surface area contributed by atoms with E-state index in [0.29, 0.717) is 17.3 Å². The van der Waals surface area contributed by atoms with Crippen LogP contribution in [0.15, 0.2) is 24.5 Å². The average Bonchev–Trinajstić information content (AvgIpc) is 2.98. The lowest BCUT2D eigenvalue weighted by Crippen LogP contribution is -2.20. The molecule has 7 nitrogen and oxygen atoms in total. The molecule has 0 spiro atoms. The van der Waals surface area contributed by atoms with Gasteiger partial charge in [-0.15, -0.1) is 11.3 Å². The van der Waals surface area contributed by atoms with Gasteiger partial charge in [-0.25, -0.2) is 9.97 Å². The molecule has 0 N–H and O–H groups in total. The number of aryl methyl sites for hydroxylation is 1. The number of thiazole rings is 1. The van der Waals surface area contributed by atoms with Crippen LogP contribution in [0.1, 0.15) is 22.3 Å². The molecular formula is C17H18N6OS. The third-order valence-corrected chi connectivity index (χ3v) is 4.61. The number of hydrogen-bond acceptors (Lipinski definition) is 8. The Morgan fingerprint density at radius 2 is 2.16 bits per heavy atom. The SMILES string of the molecule is Cc1cc2sc(C(C#N)c3ccnc(OCCN(C)C)n3)nc2cn1. The van der Waals surface area contributed by atoms with Gasteiger partial charge in [-0.3, -0.25) is 4.98 Å². The maximum absolute atomic E-state index is 9.65. The number of rotatable bonds is 6. The molecule has 1 unspecified atom stereocenters. The van der Waals surface area contributed by atoms with Gasteiger partial charge in [-0.1, -0.05) is 0 Å². The second kappa shape index (κ2) is 7.51. The fraction of sp³-hybridized carbons (Fsp3) is 0.353. The molecule has 0 saturated carbocycles. The number of aromatic nitrogens is 4. The molecule has 0 amide bonds. The largest absolute Gasteiger partial charge is 0.462 e. The Balaban J connectivity index is 1.86. The molecule has 0 aromatic carbocycles. The molecule has 3 aromatic rings. The first-order chi connectivity index (χ1) is 12.1. The number of hydrogen-bond donors (Lipinski definition) is 0. The van der Waals surface area contributed by atoms with Crippen LogP contribution in [0, 0.1) is 18.3 Å². The van der Waals surface area contributed by atoms with Crippen molar-refractivity contribution < 1.29 is 4.74 Å². The van der Waals surface area contributed by atoms with E-state index in [-0.39, 0.29) is 6.01 Å². The van der Waals surface area contributed by atoms with Crippen LogP contribution in [-0.4, -0.2) is 52.1 Å². The molecule has 0 aliphatic heterocycles. The van der Waals surface area contributed by atoms with Crippen molar-refractivity contribution in [2.24, 2.45) is 0 Å². The van der Waals surface area contributed by atoms with E-state index in [9.17, 15) is 5.26 Å². The molecule has 0 aliphatic carbocycles. The molecule has 3 rings (SSSR count). The quantitative estimate of drug-likeness (QED) is 0.671. The summed E-state index contributed by atoms with van der Waals surface area (Å²) < 4.78 is 6.58. The van der Waals surface area contributed by atoms with Gasteiger partial charge in [0.1, 0.15) is 17.5 Å². The molecule has 0 bridgehead atoms. The van der Waals surface area contributed by atoms with E-state index in [1.165, 1.54) is 11.3 Å². The summed E-state index contributed by atoms with van der Waals surface area (Å²) in [5, 5.41) is 10.3. The number of likely N-dealkylation sites (N-methyl/N-ethyl adjacent to an activating group) is 1. The maximum atomic E-state index is 9.65. The minimum absolute atomic E-state index is 0.276. The third kappa shape index (κ3) is 4.07. The van der Waals surface area contributed by atoms with E-state index < -0.39 is 5.92 Å². The van der Waals surface area contributed by atoms with Gasteiger partial charge in [0.25, 0.3) is 0 Å². The smallest absolute Gasteiger partial charge is 0.316 e. The van der Waals surface area contributed by atoms with Gasteiger partial charge in [0, 0.05) is 18.4 Å². The lowest BCUT2D eigenvalue weighted by Gasteiger charge is -2.11. The van der Waals surface area contributed by atoms with E-state index in [1.807, 2.05) is 32.0 Å². The zero-order chi connectivity index (χ0) is 17.8. The second-order valence-corrected chi connectivity index (χ2v) is 6.89. The second-order valence-electron chi connectivity index (χ2n) is 5.82. The van der Waals surface area contributed by atoms with Crippen LogP contribution < -0.4 is 4.74 Å². The molecule has 0 aliphatic rings. The summed E-state index contributed by atoms with van der Waals surface area (Å²) in [6.45, 7) is 3.18. The van der Waals surface area contributed by atoms with Crippen molar-refractivity contribution in [3.8, 4) is 12.1 Å². The minimum atomic E-state index is -0.558. The van der Waals surface area contributed by atoms with Crippen LogP contribution in [-0.2, 0) is 0 Å². The summed E-state index contributed by atoms with van der Waals surface area (Å²) in [7, 11) is 3.94. The molecule has 0 radical (unpaired) electrons. The molecule has 128 valence electrons. The minimum Gasteiger partial charge on any atom is -0.462 e. The van der Waals surface area contributed by atoms with Crippen molar-refractivity contribution in [2.45, 2.75) is 12.8 Å². The highest BCUT2D eigenvalue weighted by Crippen LogP contribution is 2.31. The van der Waals surface area contributed by atoms with Crippen molar-refractivity contribution in [1.82, 2.24) is 24.8 Å². The molecule has 1 atom stereocenters. The van der Waals surface area contributed by atoms with E-state index in [0.717, 1.165) is 22.5 Å². The van der Waals surface area contributed by atoms with E-state index >= 15 is 0 Å². The first-order valence-electron chi connectivity index (χ1n) is 7.80. The van der Waals surface area contributed by atoms with Crippen molar-refractivity contribution in [3.63, 3.8) is 0 Å². The van der Waals surface area contributed by atoms with Crippen molar-refractivity contribution in [1.29, 1.82) is 5.26 Å². The topological polar surface area (TPSA) is 87.8 Å². The summed E-state index contributed by atoms with van der Waals surface area (Å²) in [6, 6.07) is 6.26. The summed E-state index contributed by atoms with van der Waals surface area (Å²) in [5.74, 6) is -0.558. The van der Waals surface area contributed by atoms with Crippen molar-refractivity contribution in [2.75, 3.05) is 27.2 Å². The van der Waals surface area contributed by atoms with Crippen LogP contribution in [0.25, 0.3) is 10.2 Å². The fourth-order valence-corrected chi connectivity index (χ4v) is 3.32. The van der Waals surface area contributed by atoms with Gasteiger partial charge < -0.3 is 9.64 Å². The molecule has 3 heterocycles. The number of nitrogens with zero attached hydrogens (tertiary/aromatic N) is 6. The highest BCUT2D eigenvalue weighted by molar-refractivity contribution is 7.18. The lowest BCUT2D eigenvalue weighted by molar-refractivity contribution is 0.245. The van der Waals surface area contributed by atoms with Gasteiger partial charge in [0.2, 0.25) is 0 Å². The van der Waals surface area contributed by atoms with Gasteiger partial charge >= 0.3 is 6.01 Å². The Hall–Kier alpha value is -2.63. The summed E-state index contributed by atoms with van der Waals surface area (Å²) in [6.07, 6.45) is 3.34. The Bertz CT molecular complexity index is 917. The number of pyridine rings is 1. The Morgan fingerprint density at radius 3 is 2.92 bits per heavy atom. The molecular weight excluding hydrogens is 336 g/mol. The zero-order valence-corrected chi connectivity index (χ0v) is 15.1. The lowest BCUT2D eigenvalue weighted by atomic mass is 10.1. The van der Waals surface area contributed by atoms with Crippen molar-refractivity contribution >= 4 is 21.6 Å². The zero-order valence-electron chi connectivity index (χ0n) is 14.3. The first-order valence-corrected chi connectivity index (χ1v) is 8.61. The number of fused-ring (bicyclic) bond motifs is 1. The Labute approximate surface area is 150 Å². The van der Waals surface area contributed by atoms with Crippen LogP contribution in [0.5, 0.6) is 6.01 Å². The number of nitriles is 1. The van der Waals surface area contributed by atoms with Crippen LogP contribution in [0.3, 0.4) is 0 Å². The monoisotopic (exact) mass is 354 g/mol. The van der Waals surface area contributed by atoms with E-state index in [4.69, 9.17) is 4.74 Å². The highest BCUT2D eigenvalue weighted by atomic mass is 32.1. The van der Waals surface area contributed by atoms with E-state index in [2.05, 4.69) is 26.0 Å². The summed E-state index contributed by atoms with van der Waals surface area (Å²) >= 11 is 1.49. The summed E-state index contributed by atoms with van der Waals surface area (Å²) in [5.41, 5.74) is 2.30. The van der Waals surface area contributed by atoms with E-state index in [1.54, 1.807) is 18.5 Å². The van der Waals surface area contributed by atoms with Crippen LogP contribution in [0.2, 0.25) is 0 Å². The van der Waals surface area contributed by atoms with Crippen LogP contribution >= 0.6 is 11.3 Å². The van der Waals surface area contributed by atoms with Crippen molar-refractivity contribution in [3.05, 3.63) is 40.9 Å². The predicted molar refractivity (Wildman–Crippen MR) is 95.7 cm³/mol. The van der Waals surface area contributed by atoms with Gasteiger partial charge in [-0.2, -0.15) is 10.2 Å². The summed E-state index contributed by atoms with van der Waals surface area (Å²) in [4.78, 5) is 19.3. The molecule has 0 fully saturated rings. The average molecular weight is 354 g/mol. The van der Waals surface area contributed by atoms with Gasteiger partial charge in [0.15, 0.2) is 0 Å². The normalized spacial score (nSPS) is 12.3. The standard InChI is InChI=1S/C17H18N6OS/c1-11-8-15-14(10-20-11)21-16(25-15)12(9-18)13-4-5-19-17(22-13)24-7-6-23(2)3/h4-5,8,10,12H,6-7H2,1-3H3. The van der Waals surface area contributed by atoms with Crippen LogP contribution in [0.4, 0.5) is 0 Å². The van der Waals surface area contributed by atoms with Gasteiger partial charge in [-0.05, 0) is 33.2 Å². The molecule has 3 aromatic heterocycles. The first kappa shape index (κ1) is 17.2. The fourth-order valence-electron chi connectivity index (χ4n) is 2.22. The predicted octanol–water partition coefficient (Wildman–Crippen LogP) is 2.39. The maximum Gasteiger partial charge on any atom is 0.316 e. The number of ether oxygens (including phenoxy) is 1.